The van der Waals surface area contributed by atoms with Crippen LogP contribution in [0.4, 0.5) is 0 Å². The molecule has 0 spiro atoms. The second-order valence-electron chi connectivity index (χ2n) is 4.72. The zero-order valence-electron chi connectivity index (χ0n) is 14.7. The van der Waals surface area contributed by atoms with Gasteiger partial charge in [0.05, 0.1) is 11.1 Å². The number of rotatable bonds is 6. The molecule has 0 aromatic carbocycles. The third-order valence-corrected chi connectivity index (χ3v) is 2.20. The smallest absolute Gasteiger partial charge is 0.344 e. The molecule has 0 fully saturated rings. The summed E-state index contributed by atoms with van der Waals surface area (Å²) in [5.41, 5.74) is 0.116. The van der Waals surface area contributed by atoms with Gasteiger partial charge < -0.3 is 14.2 Å². The maximum atomic E-state index is 11.5. The summed E-state index contributed by atoms with van der Waals surface area (Å²) in [5, 5.41) is 0. The van der Waals surface area contributed by atoms with Gasteiger partial charge >= 0.3 is 35.4 Å². The minimum atomic E-state index is -0.913. The van der Waals surface area contributed by atoms with E-state index in [0.29, 0.717) is 0 Å². The summed E-state index contributed by atoms with van der Waals surface area (Å²) in [6.45, 7) is 12.2. The highest BCUT2D eigenvalue weighted by atomic mass is 32.1. The van der Waals surface area contributed by atoms with Gasteiger partial charge in [0, 0.05) is 11.1 Å². The molecule has 0 saturated carbocycles. The molecule has 10 heteroatoms. The van der Waals surface area contributed by atoms with Crippen molar-refractivity contribution in [2.75, 3.05) is 0 Å². The molecule has 0 aromatic rings. The quantitative estimate of drug-likeness (QED) is 0.288. The Morgan fingerprint density at radius 2 is 0.962 bits per heavy atom. The van der Waals surface area contributed by atoms with Gasteiger partial charge in [0.1, 0.15) is 12.5 Å². The van der Waals surface area contributed by atoms with E-state index in [1.54, 1.807) is 0 Å². The number of esters is 4. The molecule has 142 valence electrons. The first-order valence-corrected chi connectivity index (χ1v) is 7.39. The van der Waals surface area contributed by atoms with Crippen molar-refractivity contribution in [2.45, 2.75) is 27.7 Å². The fourth-order valence-electron chi connectivity index (χ4n) is 0.838. The summed E-state index contributed by atoms with van der Waals surface area (Å²) in [7, 11) is 0. The fraction of sp³-hybridized carbons (Fsp3) is 0.250. The van der Waals surface area contributed by atoms with Gasteiger partial charge in [-0.05, 0) is 27.7 Å². The Morgan fingerprint density at radius 3 is 1.19 bits per heavy atom. The summed E-state index contributed by atoms with van der Waals surface area (Å²) >= 11 is -0.750. The number of hydrogen-bond donors (Lipinski definition) is 0. The average Bonchev–Trinajstić information content (AvgIpc) is 2.54. The van der Waals surface area contributed by atoms with Crippen molar-refractivity contribution in [1.29, 1.82) is 0 Å². The molecule has 0 aliphatic rings. The van der Waals surface area contributed by atoms with Gasteiger partial charge in [-0.25, -0.2) is 19.2 Å². The van der Waals surface area contributed by atoms with E-state index in [1.165, 1.54) is 27.7 Å². The van der Waals surface area contributed by atoms with E-state index in [9.17, 15) is 19.2 Å². The lowest BCUT2D eigenvalue weighted by Crippen LogP contribution is -2.14. The van der Waals surface area contributed by atoms with Crippen LogP contribution in [0.25, 0.3) is 0 Å². The van der Waals surface area contributed by atoms with Crippen molar-refractivity contribution < 1.29 is 41.8 Å². The van der Waals surface area contributed by atoms with Crippen LogP contribution in [0.1, 0.15) is 27.7 Å². The number of hydrogen-bond acceptors (Lipinski definition) is 9. The van der Waals surface area contributed by atoms with Crippen LogP contribution in [0, 0.1) is 0 Å². The van der Waals surface area contributed by atoms with Crippen LogP contribution in [-0.4, -0.2) is 32.3 Å². The van der Waals surface area contributed by atoms with Gasteiger partial charge in [0.25, 0.3) is 0 Å². The van der Waals surface area contributed by atoms with Crippen LogP contribution >= 0.6 is 0 Å². The van der Waals surface area contributed by atoms with Crippen LogP contribution in [0.3, 0.4) is 0 Å². The Balaban J connectivity index is 0. The lowest BCUT2D eigenvalue weighted by atomic mass is 10.3. The topological polar surface area (TPSA) is 130 Å². The van der Waals surface area contributed by atoms with Crippen molar-refractivity contribution in [3.05, 3.63) is 48.0 Å². The standard InChI is InChI=1S/C16H18O7.O2S/c1-9(2)13(17)22-15(19)11(5)7-21-8-12(6)16(20)23-14(18)10(3)4;1-3-2/h7-8H,1,3H2,2,4-6H3;. The van der Waals surface area contributed by atoms with Gasteiger partial charge in [0.15, 0.2) is 0 Å². The molecule has 0 amide bonds. The number of ether oxygens (including phenoxy) is 3. The van der Waals surface area contributed by atoms with Crippen LogP contribution < -0.4 is 0 Å². The highest BCUT2D eigenvalue weighted by Gasteiger charge is 2.14. The molecule has 9 nitrogen and oxygen atoms in total. The van der Waals surface area contributed by atoms with E-state index in [-0.39, 0.29) is 22.3 Å². The molecule has 0 atom stereocenters. The van der Waals surface area contributed by atoms with Crippen LogP contribution in [0.15, 0.2) is 48.0 Å². The lowest BCUT2D eigenvalue weighted by molar-refractivity contribution is -0.155. The van der Waals surface area contributed by atoms with Crippen molar-refractivity contribution in [3.8, 4) is 0 Å². The van der Waals surface area contributed by atoms with Gasteiger partial charge in [-0.1, -0.05) is 13.2 Å². The molecule has 0 unspecified atom stereocenters. The molecule has 0 aromatic heterocycles. The van der Waals surface area contributed by atoms with Crippen LogP contribution in [0.5, 0.6) is 0 Å². The third-order valence-electron chi connectivity index (χ3n) is 2.20. The van der Waals surface area contributed by atoms with Crippen molar-refractivity contribution in [1.82, 2.24) is 0 Å². The monoisotopic (exact) mass is 386 g/mol. The lowest BCUT2D eigenvalue weighted by Gasteiger charge is -2.03. The Hall–Kier alpha value is -3.14. The first kappa shape index (κ1) is 25.1. The molecule has 0 bridgehead atoms. The van der Waals surface area contributed by atoms with E-state index >= 15 is 0 Å². The molecule has 0 rings (SSSR count). The summed E-state index contributed by atoms with van der Waals surface area (Å²) < 4.78 is 30.4. The molecule has 0 N–H and O–H groups in total. The van der Waals surface area contributed by atoms with Gasteiger partial charge in [-0.3, -0.25) is 0 Å². The predicted molar refractivity (Wildman–Crippen MR) is 89.3 cm³/mol. The second kappa shape index (κ2) is 13.2. The SMILES string of the molecule is C=C(C)C(=O)OC(=O)C(C)=COC=C(C)C(=O)OC(=O)C(=C)C.O=S=O. The zero-order chi connectivity index (χ0) is 20.9. The Morgan fingerprint density at radius 1 is 0.692 bits per heavy atom. The van der Waals surface area contributed by atoms with E-state index < -0.39 is 35.4 Å². The van der Waals surface area contributed by atoms with Gasteiger partial charge in [-0.2, -0.15) is 8.42 Å². The summed E-state index contributed by atoms with van der Waals surface area (Å²) in [6.07, 6.45) is 1.96. The summed E-state index contributed by atoms with van der Waals surface area (Å²) in [6, 6.07) is 0. The molecule has 0 radical (unpaired) electrons. The van der Waals surface area contributed by atoms with E-state index in [1.807, 2.05) is 0 Å². The zero-order valence-corrected chi connectivity index (χ0v) is 15.5. The van der Waals surface area contributed by atoms with Crippen molar-refractivity contribution >= 4 is 35.4 Å². The summed E-state index contributed by atoms with van der Waals surface area (Å²) in [4.78, 5) is 45.3. The highest BCUT2D eigenvalue weighted by molar-refractivity contribution is 7.51. The molecule has 0 heterocycles. The molecular weight excluding hydrogens is 368 g/mol. The van der Waals surface area contributed by atoms with Crippen LogP contribution in [0.2, 0.25) is 0 Å². The second-order valence-corrected chi connectivity index (χ2v) is 4.86. The Kier molecular flexibility index (Phi) is 12.7. The van der Waals surface area contributed by atoms with E-state index in [0.717, 1.165) is 12.5 Å². The maximum absolute atomic E-state index is 11.5. The minimum Gasteiger partial charge on any atom is -0.472 e. The molecule has 0 aliphatic carbocycles. The maximum Gasteiger partial charge on any atom is 0.344 e. The number of carbonyl (C=O) groups excluding carboxylic acids is 4. The molecular formula is C16H18O9S. The highest BCUT2D eigenvalue weighted by Crippen LogP contribution is 2.04. The van der Waals surface area contributed by atoms with Crippen LogP contribution in [-0.2, 0) is 45.0 Å². The van der Waals surface area contributed by atoms with Gasteiger partial charge in [-0.15, -0.1) is 0 Å². The Labute approximate surface area is 153 Å². The van der Waals surface area contributed by atoms with E-state index in [4.69, 9.17) is 13.2 Å². The predicted octanol–water partition coefficient (Wildman–Crippen LogP) is 1.43. The van der Waals surface area contributed by atoms with Crippen molar-refractivity contribution in [2.24, 2.45) is 0 Å². The Bertz CT molecular complexity index is 653. The van der Waals surface area contributed by atoms with E-state index in [2.05, 4.69) is 22.6 Å². The molecule has 0 saturated heterocycles. The molecule has 26 heavy (non-hydrogen) atoms. The fourth-order valence-corrected chi connectivity index (χ4v) is 0.838. The first-order chi connectivity index (χ1) is 12.0. The van der Waals surface area contributed by atoms with Gasteiger partial charge in [0.2, 0.25) is 0 Å². The summed E-state index contributed by atoms with van der Waals surface area (Å²) in [5.74, 6) is -3.53. The average molecular weight is 386 g/mol. The third kappa shape index (κ3) is 11.4. The normalized spacial score (nSPS) is 10.5. The number of carbonyl (C=O) groups is 4. The first-order valence-electron chi connectivity index (χ1n) is 6.72. The minimum absolute atomic E-state index is 0.0185. The molecule has 0 aliphatic heterocycles. The van der Waals surface area contributed by atoms with Crippen molar-refractivity contribution in [3.63, 3.8) is 0 Å². The largest absolute Gasteiger partial charge is 0.472 e.